The number of amides is 1. The molecule has 2 aromatic carbocycles. The molecule has 7 heteroatoms. The molecule has 27 heavy (non-hydrogen) atoms. The molecule has 0 radical (unpaired) electrons. The van der Waals surface area contributed by atoms with E-state index >= 15 is 0 Å². The van der Waals surface area contributed by atoms with Gasteiger partial charge in [-0.25, -0.2) is 4.98 Å². The second kappa shape index (κ2) is 8.33. The zero-order valence-corrected chi connectivity index (χ0v) is 16.1. The summed E-state index contributed by atoms with van der Waals surface area (Å²) in [5.41, 5.74) is 2.82. The molecule has 0 saturated carbocycles. The fourth-order valence-corrected chi connectivity index (χ4v) is 3.66. The van der Waals surface area contributed by atoms with Gasteiger partial charge in [-0.15, -0.1) is 11.3 Å². The van der Waals surface area contributed by atoms with Gasteiger partial charge in [0.2, 0.25) is 0 Å². The Balaban J connectivity index is 1.81. The summed E-state index contributed by atoms with van der Waals surface area (Å²) < 4.78 is 0. The Morgan fingerprint density at radius 2 is 1.89 bits per heavy atom. The van der Waals surface area contributed by atoms with E-state index in [1.165, 1.54) is 11.3 Å². The number of hydrogen-bond acceptors (Lipinski definition) is 4. The molecule has 138 valence electrons. The van der Waals surface area contributed by atoms with Crippen LogP contribution < -0.4 is 5.32 Å². The minimum Gasteiger partial charge on any atom is -0.481 e. The maximum Gasteiger partial charge on any atom is 0.305 e. The van der Waals surface area contributed by atoms with E-state index in [1.807, 2.05) is 43.3 Å². The van der Waals surface area contributed by atoms with Gasteiger partial charge in [-0.1, -0.05) is 48.0 Å². The molecule has 0 saturated heterocycles. The Morgan fingerprint density at radius 1 is 1.19 bits per heavy atom. The third-order valence-electron chi connectivity index (χ3n) is 4.08. The number of thiazole rings is 1. The lowest BCUT2D eigenvalue weighted by Crippen LogP contribution is -2.30. The first-order valence-electron chi connectivity index (χ1n) is 8.23. The van der Waals surface area contributed by atoms with E-state index in [4.69, 9.17) is 11.6 Å². The van der Waals surface area contributed by atoms with Gasteiger partial charge in [-0.2, -0.15) is 0 Å². The highest BCUT2D eigenvalue weighted by Crippen LogP contribution is 2.26. The fraction of sp³-hybridized carbons (Fsp3) is 0.150. The van der Waals surface area contributed by atoms with Crippen molar-refractivity contribution in [2.45, 2.75) is 19.4 Å². The lowest BCUT2D eigenvalue weighted by Gasteiger charge is -2.18. The predicted molar refractivity (Wildman–Crippen MR) is 106 cm³/mol. The summed E-state index contributed by atoms with van der Waals surface area (Å²) in [6.45, 7) is 1.89. The molecule has 0 aliphatic carbocycles. The summed E-state index contributed by atoms with van der Waals surface area (Å²) in [7, 11) is 0. The lowest BCUT2D eigenvalue weighted by molar-refractivity contribution is -0.137. The monoisotopic (exact) mass is 400 g/mol. The number of carboxylic acids is 1. The van der Waals surface area contributed by atoms with Crippen LogP contribution in [0.2, 0.25) is 5.02 Å². The van der Waals surface area contributed by atoms with Crippen LogP contribution in [0.15, 0.2) is 53.9 Å². The summed E-state index contributed by atoms with van der Waals surface area (Å²) in [4.78, 5) is 28.3. The van der Waals surface area contributed by atoms with Crippen molar-refractivity contribution >= 4 is 34.8 Å². The SMILES string of the molecule is Cc1ccccc1C(CC(=O)O)NC(=O)c1csc(-c2ccc(Cl)cc2)n1. The topological polar surface area (TPSA) is 79.3 Å². The van der Waals surface area contributed by atoms with Crippen LogP contribution in [0, 0.1) is 6.92 Å². The predicted octanol–water partition coefficient (Wildman–Crippen LogP) is 4.72. The van der Waals surface area contributed by atoms with E-state index in [9.17, 15) is 14.7 Å². The van der Waals surface area contributed by atoms with Gasteiger partial charge in [0.05, 0.1) is 12.5 Å². The van der Waals surface area contributed by atoms with Crippen molar-refractivity contribution in [1.29, 1.82) is 0 Å². The molecular formula is C20H17ClN2O3S. The number of nitrogens with one attached hydrogen (secondary N) is 1. The molecule has 0 fully saturated rings. The van der Waals surface area contributed by atoms with Crippen LogP contribution in [-0.4, -0.2) is 22.0 Å². The van der Waals surface area contributed by atoms with Crippen LogP contribution in [-0.2, 0) is 4.79 Å². The average Bonchev–Trinajstić information content (AvgIpc) is 3.12. The van der Waals surface area contributed by atoms with Crippen LogP contribution in [0.5, 0.6) is 0 Å². The summed E-state index contributed by atoms with van der Waals surface area (Å²) in [5.74, 6) is -1.38. The highest BCUT2D eigenvalue weighted by atomic mass is 35.5. The van der Waals surface area contributed by atoms with Crippen LogP contribution in [0.25, 0.3) is 10.6 Å². The minimum atomic E-state index is -0.983. The molecule has 1 aromatic heterocycles. The molecule has 0 spiro atoms. The standard InChI is InChI=1S/C20H17ClN2O3S/c1-12-4-2-3-5-15(12)16(10-18(24)25)22-19(26)17-11-27-20(23-17)13-6-8-14(21)9-7-13/h2-9,11,16H,10H2,1H3,(H,22,26)(H,24,25). The zero-order chi connectivity index (χ0) is 19.4. The van der Waals surface area contributed by atoms with Gasteiger partial charge in [-0.3, -0.25) is 9.59 Å². The smallest absolute Gasteiger partial charge is 0.305 e. The largest absolute Gasteiger partial charge is 0.481 e. The van der Waals surface area contributed by atoms with Crippen molar-refractivity contribution in [3.63, 3.8) is 0 Å². The zero-order valence-electron chi connectivity index (χ0n) is 14.5. The second-order valence-electron chi connectivity index (χ2n) is 6.03. The normalized spacial score (nSPS) is 11.8. The van der Waals surface area contributed by atoms with Gasteiger partial charge in [0.25, 0.3) is 5.91 Å². The number of aromatic nitrogens is 1. The number of aryl methyl sites for hydroxylation is 1. The Bertz CT molecular complexity index is 969. The quantitative estimate of drug-likeness (QED) is 0.627. The van der Waals surface area contributed by atoms with Crippen molar-refractivity contribution in [1.82, 2.24) is 10.3 Å². The lowest BCUT2D eigenvalue weighted by atomic mass is 9.98. The Hall–Kier alpha value is -2.70. The van der Waals surface area contributed by atoms with Gasteiger partial charge < -0.3 is 10.4 Å². The number of carbonyl (C=O) groups excluding carboxylic acids is 1. The molecular weight excluding hydrogens is 384 g/mol. The van der Waals surface area contributed by atoms with E-state index in [0.29, 0.717) is 10.0 Å². The number of rotatable bonds is 6. The highest BCUT2D eigenvalue weighted by Gasteiger charge is 2.21. The van der Waals surface area contributed by atoms with Crippen molar-refractivity contribution < 1.29 is 14.7 Å². The number of aliphatic carboxylic acids is 1. The molecule has 3 aromatic rings. The van der Waals surface area contributed by atoms with E-state index in [0.717, 1.165) is 16.7 Å². The van der Waals surface area contributed by atoms with Gasteiger partial charge >= 0.3 is 5.97 Å². The highest BCUT2D eigenvalue weighted by molar-refractivity contribution is 7.13. The second-order valence-corrected chi connectivity index (χ2v) is 7.32. The van der Waals surface area contributed by atoms with Crippen LogP contribution >= 0.6 is 22.9 Å². The first-order chi connectivity index (χ1) is 12.9. The maximum absolute atomic E-state index is 12.6. The van der Waals surface area contributed by atoms with Gasteiger partial charge in [-0.05, 0) is 30.2 Å². The maximum atomic E-state index is 12.6. The third kappa shape index (κ3) is 4.72. The molecule has 0 aliphatic heterocycles. The number of carbonyl (C=O) groups is 2. The molecule has 2 N–H and O–H groups in total. The average molecular weight is 401 g/mol. The summed E-state index contributed by atoms with van der Waals surface area (Å²) in [6, 6.07) is 14.0. The van der Waals surface area contributed by atoms with Gasteiger partial charge in [0.1, 0.15) is 10.7 Å². The molecule has 0 aliphatic rings. The number of hydrogen-bond donors (Lipinski definition) is 2. The van der Waals surface area contributed by atoms with Gasteiger partial charge in [0, 0.05) is 16.0 Å². The molecule has 0 bridgehead atoms. The van der Waals surface area contributed by atoms with E-state index in [-0.39, 0.29) is 12.1 Å². The molecule has 1 amide bonds. The molecule has 5 nitrogen and oxygen atoms in total. The van der Waals surface area contributed by atoms with E-state index in [2.05, 4.69) is 10.3 Å². The summed E-state index contributed by atoms with van der Waals surface area (Å²) in [6.07, 6.45) is -0.204. The Labute approximate surface area is 165 Å². The summed E-state index contributed by atoms with van der Waals surface area (Å²) in [5, 5.41) is 15.0. The fourth-order valence-electron chi connectivity index (χ4n) is 2.73. The van der Waals surface area contributed by atoms with Crippen LogP contribution in [0.3, 0.4) is 0 Å². The molecule has 1 atom stereocenters. The van der Waals surface area contributed by atoms with Crippen molar-refractivity contribution in [2.75, 3.05) is 0 Å². The number of halogens is 1. The Kier molecular flexibility index (Phi) is 5.88. The first kappa shape index (κ1) is 19.1. The number of nitrogens with zero attached hydrogens (tertiary/aromatic N) is 1. The van der Waals surface area contributed by atoms with Crippen LogP contribution in [0.4, 0.5) is 0 Å². The van der Waals surface area contributed by atoms with Crippen LogP contribution in [0.1, 0.15) is 34.1 Å². The van der Waals surface area contributed by atoms with Gasteiger partial charge in [0.15, 0.2) is 0 Å². The molecule has 3 rings (SSSR count). The first-order valence-corrected chi connectivity index (χ1v) is 9.49. The summed E-state index contributed by atoms with van der Waals surface area (Å²) >= 11 is 7.24. The number of carboxylic acid groups (broad SMARTS) is 1. The van der Waals surface area contributed by atoms with Crippen molar-refractivity contribution in [3.05, 3.63) is 75.8 Å². The van der Waals surface area contributed by atoms with E-state index < -0.39 is 17.9 Å². The van der Waals surface area contributed by atoms with E-state index in [1.54, 1.807) is 17.5 Å². The minimum absolute atomic E-state index is 0.204. The molecule has 1 heterocycles. The van der Waals surface area contributed by atoms with Crippen molar-refractivity contribution in [2.24, 2.45) is 0 Å². The number of benzene rings is 2. The third-order valence-corrected chi connectivity index (χ3v) is 5.22. The van der Waals surface area contributed by atoms with Crippen molar-refractivity contribution in [3.8, 4) is 10.6 Å². The molecule has 1 unspecified atom stereocenters. The Morgan fingerprint density at radius 3 is 2.56 bits per heavy atom.